The van der Waals surface area contributed by atoms with Crippen LogP contribution in [0.1, 0.15) is 24.0 Å². The van der Waals surface area contributed by atoms with Crippen LogP contribution in [0.2, 0.25) is 0 Å². The highest BCUT2D eigenvalue weighted by Crippen LogP contribution is 2.19. The maximum absolute atomic E-state index is 8.99. The molecule has 4 nitrogen and oxygen atoms in total. The lowest BCUT2D eigenvalue weighted by Crippen LogP contribution is -2.17. The molecule has 0 amide bonds. The van der Waals surface area contributed by atoms with Gasteiger partial charge in [0.05, 0.1) is 6.10 Å². The highest BCUT2D eigenvalue weighted by atomic mass is 16.5. The van der Waals surface area contributed by atoms with Gasteiger partial charge in [0.1, 0.15) is 18.2 Å². The minimum Gasteiger partial charge on any atom is -0.474 e. The summed E-state index contributed by atoms with van der Waals surface area (Å²) in [5, 5.41) is 8.99. The first-order chi connectivity index (χ1) is 7.81. The van der Waals surface area contributed by atoms with Crippen molar-refractivity contribution >= 4 is 0 Å². The van der Waals surface area contributed by atoms with E-state index < -0.39 is 0 Å². The van der Waals surface area contributed by atoms with Crippen LogP contribution in [0.25, 0.3) is 0 Å². The van der Waals surface area contributed by atoms with Crippen LogP contribution in [-0.2, 0) is 4.74 Å². The fraction of sp³-hybridized carbons (Fsp3) is 0.500. The van der Waals surface area contributed by atoms with Gasteiger partial charge in [-0.05, 0) is 31.4 Å². The van der Waals surface area contributed by atoms with E-state index in [0.29, 0.717) is 18.1 Å². The predicted molar refractivity (Wildman–Crippen MR) is 58.2 cm³/mol. The van der Waals surface area contributed by atoms with Gasteiger partial charge in [-0.25, -0.2) is 4.98 Å². The summed E-state index contributed by atoms with van der Waals surface area (Å²) >= 11 is 0. The molecule has 0 saturated carbocycles. The second-order valence-corrected chi connectivity index (χ2v) is 3.87. The SMILES string of the molecule is Cc1ccnc(OCC2CCCO2)c1C#N. The third-order valence-electron chi connectivity index (χ3n) is 2.67. The Morgan fingerprint density at radius 2 is 2.56 bits per heavy atom. The van der Waals surface area contributed by atoms with Crippen molar-refractivity contribution in [2.24, 2.45) is 0 Å². The molecule has 1 atom stereocenters. The van der Waals surface area contributed by atoms with E-state index in [9.17, 15) is 0 Å². The lowest BCUT2D eigenvalue weighted by molar-refractivity contribution is 0.0662. The third kappa shape index (κ3) is 2.31. The zero-order chi connectivity index (χ0) is 11.4. The van der Waals surface area contributed by atoms with E-state index in [1.54, 1.807) is 12.3 Å². The van der Waals surface area contributed by atoms with E-state index in [1.165, 1.54) is 0 Å². The molecule has 1 unspecified atom stereocenters. The number of nitriles is 1. The summed E-state index contributed by atoms with van der Waals surface area (Å²) in [5.74, 6) is 0.415. The molecule has 0 spiro atoms. The highest BCUT2D eigenvalue weighted by Gasteiger charge is 2.17. The van der Waals surface area contributed by atoms with Gasteiger partial charge >= 0.3 is 0 Å². The van der Waals surface area contributed by atoms with Crippen LogP contribution in [0.15, 0.2) is 12.3 Å². The number of aromatic nitrogens is 1. The Hall–Kier alpha value is -1.60. The molecule has 4 heteroatoms. The number of aryl methyl sites for hydroxylation is 1. The van der Waals surface area contributed by atoms with Gasteiger partial charge in [-0.15, -0.1) is 0 Å². The van der Waals surface area contributed by atoms with Gasteiger partial charge in [0, 0.05) is 12.8 Å². The molecule has 0 N–H and O–H groups in total. The number of pyridine rings is 1. The number of nitrogens with zero attached hydrogens (tertiary/aromatic N) is 2. The Morgan fingerprint density at radius 1 is 1.69 bits per heavy atom. The van der Waals surface area contributed by atoms with Gasteiger partial charge in [-0.1, -0.05) is 0 Å². The Kier molecular flexibility index (Phi) is 3.37. The second kappa shape index (κ2) is 4.95. The average molecular weight is 218 g/mol. The number of ether oxygens (including phenoxy) is 2. The quantitative estimate of drug-likeness (QED) is 0.776. The second-order valence-electron chi connectivity index (χ2n) is 3.87. The summed E-state index contributed by atoms with van der Waals surface area (Å²) in [6, 6.07) is 3.91. The summed E-state index contributed by atoms with van der Waals surface area (Å²) in [4.78, 5) is 4.07. The van der Waals surface area contributed by atoms with Crippen LogP contribution < -0.4 is 4.74 Å². The summed E-state index contributed by atoms with van der Waals surface area (Å²) in [6.45, 7) is 3.16. The lowest BCUT2D eigenvalue weighted by Gasteiger charge is -2.12. The standard InChI is InChI=1S/C12H14N2O2/c1-9-4-5-14-12(11(9)7-13)16-8-10-3-2-6-15-10/h4-5,10H,2-3,6,8H2,1H3. The molecule has 2 heterocycles. The Bertz CT molecular complexity index is 406. The summed E-state index contributed by atoms with van der Waals surface area (Å²) < 4.78 is 11.0. The molecule has 1 saturated heterocycles. The highest BCUT2D eigenvalue weighted by molar-refractivity contribution is 5.43. The van der Waals surface area contributed by atoms with Crippen molar-refractivity contribution in [1.82, 2.24) is 4.98 Å². The van der Waals surface area contributed by atoms with Gasteiger partial charge in [0.25, 0.3) is 0 Å². The monoisotopic (exact) mass is 218 g/mol. The van der Waals surface area contributed by atoms with E-state index in [4.69, 9.17) is 14.7 Å². The first-order valence-corrected chi connectivity index (χ1v) is 5.41. The maximum Gasteiger partial charge on any atom is 0.231 e. The molecule has 0 aromatic carbocycles. The number of hydrogen-bond acceptors (Lipinski definition) is 4. The Morgan fingerprint density at radius 3 is 3.25 bits per heavy atom. The number of hydrogen-bond donors (Lipinski definition) is 0. The molecule has 1 aliphatic rings. The van der Waals surface area contributed by atoms with Crippen molar-refractivity contribution in [1.29, 1.82) is 5.26 Å². The molecule has 1 fully saturated rings. The van der Waals surface area contributed by atoms with Crippen molar-refractivity contribution in [3.63, 3.8) is 0 Å². The van der Waals surface area contributed by atoms with E-state index >= 15 is 0 Å². The van der Waals surface area contributed by atoms with Gasteiger partial charge < -0.3 is 9.47 Å². The van der Waals surface area contributed by atoms with Gasteiger partial charge in [0.2, 0.25) is 5.88 Å². The molecule has 0 bridgehead atoms. The van der Waals surface area contributed by atoms with Crippen molar-refractivity contribution in [2.45, 2.75) is 25.9 Å². The largest absolute Gasteiger partial charge is 0.474 e. The first kappa shape index (κ1) is 10.9. The van der Waals surface area contributed by atoms with Crippen molar-refractivity contribution in [3.05, 3.63) is 23.4 Å². The van der Waals surface area contributed by atoms with Gasteiger partial charge in [-0.3, -0.25) is 0 Å². The zero-order valence-corrected chi connectivity index (χ0v) is 9.27. The summed E-state index contributed by atoms with van der Waals surface area (Å²) in [7, 11) is 0. The minimum atomic E-state index is 0.147. The van der Waals surface area contributed by atoms with Crippen LogP contribution in [0, 0.1) is 18.3 Å². The molecule has 2 rings (SSSR count). The molecular formula is C12H14N2O2. The van der Waals surface area contributed by atoms with E-state index in [1.807, 2.05) is 6.92 Å². The fourth-order valence-electron chi connectivity index (χ4n) is 1.73. The predicted octanol–water partition coefficient (Wildman–Crippen LogP) is 1.82. The van der Waals surface area contributed by atoms with E-state index in [-0.39, 0.29) is 6.10 Å². The molecule has 0 aliphatic carbocycles. The minimum absolute atomic E-state index is 0.147. The van der Waals surface area contributed by atoms with Crippen LogP contribution >= 0.6 is 0 Å². The zero-order valence-electron chi connectivity index (χ0n) is 9.27. The van der Waals surface area contributed by atoms with Crippen LogP contribution in [-0.4, -0.2) is 24.3 Å². The molecule has 1 aromatic heterocycles. The van der Waals surface area contributed by atoms with Crippen LogP contribution in [0.5, 0.6) is 5.88 Å². The lowest BCUT2D eigenvalue weighted by atomic mass is 10.2. The Balaban J connectivity index is 2.03. The molecule has 1 aliphatic heterocycles. The topological polar surface area (TPSA) is 55.1 Å². The Labute approximate surface area is 94.8 Å². The van der Waals surface area contributed by atoms with Crippen molar-refractivity contribution in [2.75, 3.05) is 13.2 Å². The van der Waals surface area contributed by atoms with Crippen molar-refractivity contribution in [3.8, 4) is 11.9 Å². The van der Waals surface area contributed by atoms with Gasteiger partial charge in [0.15, 0.2) is 0 Å². The molecule has 16 heavy (non-hydrogen) atoms. The average Bonchev–Trinajstić information content (AvgIpc) is 2.79. The van der Waals surface area contributed by atoms with E-state index in [0.717, 1.165) is 25.0 Å². The molecule has 0 radical (unpaired) electrons. The van der Waals surface area contributed by atoms with Crippen molar-refractivity contribution < 1.29 is 9.47 Å². The van der Waals surface area contributed by atoms with Crippen LogP contribution in [0.4, 0.5) is 0 Å². The smallest absolute Gasteiger partial charge is 0.231 e. The van der Waals surface area contributed by atoms with E-state index in [2.05, 4.69) is 11.1 Å². The molecular weight excluding hydrogens is 204 g/mol. The summed E-state index contributed by atoms with van der Waals surface area (Å²) in [5.41, 5.74) is 1.40. The maximum atomic E-state index is 8.99. The fourth-order valence-corrected chi connectivity index (χ4v) is 1.73. The summed E-state index contributed by atoms with van der Waals surface area (Å²) in [6.07, 6.45) is 3.91. The van der Waals surface area contributed by atoms with Gasteiger partial charge in [-0.2, -0.15) is 5.26 Å². The molecule has 84 valence electrons. The number of rotatable bonds is 3. The van der Waals surface area contributed by atoms with Crippen LogP contribution in [0.3, 0.4) is 0 Å². The third-order valence-corrected chi connectivity index (χ3v) is 2.67. The normalized spacial score (nSPS) is 19.4. The molecule has 1 aromatic rings. The first-order valence-electron chi connectivity index (χ1n) is 5.41.